The number of benzene rings is 3. The van der Waals surface area contributed by atoms with Crippen LogP contribution in [-0.4, -0.2) is 6.04 Å². The van der Waals surface area contributed by atoms with Gasteiger partial charge in [0, 0.05) is 36.4 Å². The minimum atomic E-state index is 0.369. The minimum Gasteiger partial charge on any atom is -0.150 e. The van der Waals surface area contributed by atoms with Crippen LogP contribution in [0.1, 0.15) is 33.6 Å². The lowest BCUT2D eigenvalue weighted by molar-refractivity contribution is 0.307. The third-order valence-electron chi connectivity index (χ3n) is 5.02. The summed E-state index contributed by atoms with van der Waals surface area (Å²) in [5, 5.41) is 0. The van der Waals surface area contributed by atoms with Gasteiger partial charge in [0.15, 0.2) is 17.1 Å². The van der Waals surface area contributed by atoms with E-state index in [4.69, 9.17) is 0 Å². The Morgan fingerprint density at radius 3 is 1.30 bits per heavy atom. The maximum Gasteiger partial charge on any atom is 0.162 e. The summed E-state index contributed by atoms with van der Waals surface area (Å²) in [5.74, 6) is 0.710. The lowest BCUT2D eigenvalue weighted by Crippen LogP contribution is -2.55. The first-order valence-corrected chi connectivity index (χ1v) is 9.96. The molecule has 3 aromatic carbocycles. The molecule has 0 spiro atoms. The quantitative estimate of drug-likeness (QED) is 0.338. The van der Waals surface area contributed by atoms with E-state index in [9.17, 15) is 0 Å². The van der Waals surface area contributed by atoms with E-state index in [0.29, 0.717) is 16.6 Å². The summed E-state index contributed by atoms with van der Waals surface area (Å²) in [4.78, 5) is 0. The zero-order valence-electron chi connectivity index (χ0n) is 16.7. The van der Waals surface area contributed by atoms with E-state index >= 15 is 0 Å². The molecule has 140 valence electrons. The third kappa shape index (κ3) is 4.47. The second-order valence-electron chi connectivity index (χ2n) is 7.68. The first kappa shape index (κ1) is 19.3. The Bertz CT molecular complexity index is 701. The Labute approximate surface area is 164 Å². The first-order valence-electron chi connectivity index (χ1n) is 9.96. The van der Waals surface area contributed by atoms with Gasteiger partial charge in [0.1, 0.15) is 0 Å². The average Bonchev–Trinajstić information content (AvgIpc) is 2.72. The summed E-state index contributed by atoms with van der Waals surface area (Å²) in [6.07, 6.45) is 2.36. The van der Waals surface area contributed by atoms with E-state index in [2.05, 4.69) is 117 Å². The molecule has 1 atom stereocenters. The Morgan fingerprint density at radius 2 is 0.963 bits per heavy atom. The highest BCUT2D eigenvalue weighted by molar-refractivity contribution is 5.69. The van der Waals surface area contributed by atoms with Crippen molar-refractivity contribution in [2.75, 3.05) is 0 Å². The molecule has 0 heterocycles. The number of hydrogen-bond donors (Lipinski definition) is 1. The van der Waals surface area contributed by atoms with Crippen LogP contribution in [0.5, 0.6) is 0 Å². The molecule has 0 fully saturated rings. The normalized spacial score (nSPS) is 12.9. The molecule has 0 aliphatic heterocycles. The van der Waals surface area contributed by atoms with Crippen molar-refractivity contribution in [3.05, 3.63) is 91.0 Å². The van der Waals surface area contributed by atoms with Crippen LogP contribution in [-0.2, 0) is 0 Å². The molecule has 1 N–H and O–H groups in total. The molecule has 0 amide bonds. The molecule has 0 saturated carbocycles. The molecule has 3 rings (SSSR count). The molecule has 27 heavy (non-hydrogen) atoms. The standard InChI is InChI=1S/C25H31N2/c1-21(2)19-20-22(3)26-27(23-13-7-4-8-14-23,24-15-9-5-10-16-24)25-17-11-6-12-18-25/h4-18,21-22,26H,19-20H2,1-3H3/q+1. The van der Waals surface area contributed by atoms with Gasteiger partial charge in [-0.15, -0.1) is 10.0 Å². The lowest BCUT2D eigenvalue weighted by Gasteiger charge is -2.39. The summed E-state index contributed by atoms with van der Waals surface area (Å²) >= 11 is 0. The third-order valence-corrected chi connectivity index (χ3v) is 5.02. The molecule has 0 aliphatic carbocycles. The second-order valence-corrected chi connectivity index (χ2v) is 7.68. The Kier molecular flexibility index (Phi) is 6.44. The van der Waals surface area contributed by atoms with Gasteiger partial charge in [0.05, 0.1) is 6.04 Å². The van der Waals surface area contributed by atoms with Crippen LogP contribution in [0.25, 0.3) is 0 Å². The fraction of sp³-hybridized carbons (Fsp3) is 0.280. The summed E-state index contributed by atoms with van der Waals surface area (Å²) in [6.45, 7) is 6.88. The minimum absolute atomic E-state index is 0.369. The molecular weight excluding hydrogens is 328 g/mol. The van der Waals surface area contributed by atoms with E-state index in [1.807, 2.05) is 0 Å². The summed E-state index contributed by atoms with van der Waals surface area (Å²) < 4.78 is 0.516. The van der Waals surface area contributed by atoms with Crippen LogP contribution in [0.15, 0.2) is 91.0 Å². The molecule has 3 aromatic rings. The Morgan fingerprint density at radius 1 is 0.593 bits per heavy atom. The van der Waals surface area contributed by atoms with Crippen LogP contribution < -0.4 is 10.0 Å². The van der Waals surface area contributed by atoms with E-state index in [0.717, 1.165) is 6.42 Å². The number of nitrogens with zero attached hydrogens (tertiary/aromatic N) is 1. The van der Waals surface area contributed by atoms with E-state index in [1.165, 1.54) is 23.5 Å². The molecule has 0 saturated heterocycles. The predicted molar refractivity (Wildman–Crippen MR) is 117 cm³/mol. The second kappa shape index (κ2) is 8.98. The topological polar surface area (TPSA) is 12.0 Å². The van der Waals surface area contributed by atoms with Crippen molar-refractivity contribution in [1.29, 1.82) is 0 Å². The monoisotopic (exact) mass is 359 g/mol. The van der Waals surface area contributed by atoms with Crippen molar-refractivity contribution in [2.24, 2.45) is 5.92 Å². The summed E-state index contributed by atoms with van der Waals surface area (Å²) in [5.41, 5.74) is 7.61. The zero-order chi connectivity index (χ0) is 19.1. The van der Waals surface area contributed by atoms with Crippen molar-refractivity contribution >= 4 is 17.1 Å². The Hall–Kier alpha value is -2.42. The molecule has 1 unspecified atom stereocenters. The Balaban J connectivity index is 2.14. The summed E-state index contributed by atoms with van der Waals surface area (Å²) in [6, 6.07) is 32.6. The van der Waals surface area contributed by atoms with Gasteiger partial charge in [-0.3, -0.25) is 0 Å². The van der Waals surface area contributed by atoms with E-state index < -0.39 is 0 Å². The van der Waals surface area contributed by atoms with Gasteiger partial charge in [-0.1, -0.05) is 68.4 Å². The maximum absolute atomic E-state index is 3.97. The number of nitrogens with one attached hydrogen (secondary N) is 1. The highest BCUT2D eigenvalue weighted by Gasteiger charge is 2.38. The average molecular weight is 360 g/mol. The first-order chi connectivity index (χ1) is 13.1. The van der Waals surface area contributed by atoms with E-state index in [-0.39, 0.29) is 0 Å². The van der Waals surface area contributed by atoms with Gasteiger partial charge in [-0.25, -0.2) is 0 Å². The smallest absolute Gasteiger partial charge is 0.150 e. The van der Waals surface area contributed by atoms with Crippen LogP contribution >= 0.6 is 0 Å². The molecular formula is C25H31N2+. The fourth-order valence-corrected chi connectivity index (χ4v) is 3.60. The van der Waals surface area contributed by atoms with Crippen molar-refractivity contribution in [2.45, 2.75) is 39.7 Å². The van der Waals surface area contributed by atoms with Crippen LogP contribution in [0.3, 0.4) is 0 Å². The van der Waals surface area contributed by atoms with Crippen molar-refractivity contribution in [3.63, 3.8) is 0 Å². The molecule has 2 heteroatoms. The molecule has 0 radical (unpaired) electrons. The highest BCUT2D eigenvalue weighted by atomic mass is 15.7. The lowest BCUT2D eigenvalue weighted by atomic mass is 10.0. The molecule has 0 aromatic heterocycles. The van der Waals surface area contributed by atoms with Crippen LogP contribution in [0.2, 0.25) is 0 Å². The van der Waals surface area contributed by atoms with Crippen LogP contribution in [0.4, 0.5) is 17.1 Å². The van der Waals surface area contributed by atoms with Gasteiger partial charge in [-0.05, 0) is 25.7 Å². The largest absolute Gasteiger partial charge is 0.162 e. The zero-order valence-corrected chi connectivity index (χ0v) is 16.7. The van der Waals surface area contributed by atoms with Crippen LogP contribution in [0, 0.1) is 5.92 Å². The van der Waals surface area contributed by atoms with Gasteiger partial charge in [0.2, 0.25) is 0 Å². The molecule has 2 nitrogen and oxygen atoms in total. The van der Waals surface area contributed by atoms with Crippen molar-refractivity contribution in [1.82, 2.24) is 10.0 Å². The summed E-state index contributed by atoms with van der Waals surface area (Å²) in [7, 11) is 0. The van der Waals surface area contributed by atoms with Crippen molar-refractivity contribution in [3.8, 4) is 0 Å². The number of hydrogen-bond acceptors (Lipinski definition) is 1. The predicted octanol–water partition coefficient (Wildman–Crippen LogP) is 6.99. The van der Waals surface area contributed by atoms with Crippen molar-refractivity contribution < 1.29 is 0 Å². The number of rotatable bonds is 8. The van der Waals surface area contributed by atoms with Gasteiger partial charge in [0.25, 0.3) is 0 Å². The fourth-order valence-electron chi connectivity index (χ4n) is 3.60. The van der Waals surface area contributed by atoms with Gasteiger partial charge in [-0.2, -0.15) is 0 Å². The highest BCUT2D eigenvalue weighted by Crippen LogP contribution is 2.41. The molecule has 0 bridgehead atoms. The number of para-hydroxylation sites is 3. The maximum atomic E-state index is 3.97. The SMILES string of the molecule is CC(C)CCC(C)N[N+](c1ccccc1)(c1ccccc1)c1ccccc1. The van der Waals surface area contributed by atoms with Gasteiger partial charge >= 0.3 is 0 Å². The van der Waals surface area contributed by atoms with Gasteiger partial charge < -0.3 is 0 Å². The molecule has 0 aliphatic rings. The number of quaternary nitrogens is 1. The van der Waals surface area contributed by atoms with E-state index in [1.54, 1.807) is 0 Å².